The van der Waals surface area contributed by atoms with E-state index in [2.05, 4.69) is 25.6 Å². The van der Waals surface area contributed by atoms with Crippen LogP contribution in [-0.2, 0) is 6.42 Å². The highest BCUT2D eigenvalue weighted by molar-refractivity contribution is 7.80. The first-order chi connectivity index (χ1) is 8.76. The number of ether oxygens (including phenoxy) is 1. The van der Waals surface area contributed by atoms with Gasteiger partial charge in [0.05, 0.1) is 0 Å². The van der Waals surface area contributed by atoms with Crippen molar-refractivity contribution >= 4 is 12.6 Å². The molecule has 1 atom stereocenters. The highest BCUT2D eigenvalue weighted by Gasteiger charge is 2.02. The van der Waals surface area contributed by atoms with E-state index in [1.165, 1.54) is 5.56 Å². The quantitative estimate of drug-likeness (QED) is 0.619. The first-order valence-corrected chi connectivity index (χ1v) is 7.41. The average Bonchev–Trinajstić information content (AvgIpc) is 2.44. The number of rotatable bonds is 5. The fourth-order valence-corrected chi connectivity index (χ4v) is 1.39. The van der Waals surface area contributed by atoms with Gasteiger partial charge in [-0.3, -0.25) is 0 Å². The van der Waals surface area contributed by atoms with Gasteiger partial charge in [0.25, 0.3) is 0 Å². The normalized spacial score (nSPS) is 10.4. The van der Waals surface area contributed by atoms with Crippen molar-refractivity contribution < 1.29 is 4.74 Å². The SMILES string of the molecule is CC.CC.CCCc1cccc(OC(S)CN)c1. The molecule has 2 nitrogen and oxygen atoms in total. The number of benzene rings is 1. The predicted molar refractivity (Wildman–Crippen MR) is 85.6 cm³/mol. The van der Waals surface area contributed by atoms with Gasteiger partial charge in [-0.25, -0.2) is 0 Å². The maximum Gasteiger partial charge on any atom is 0.153 e. The van der Waals surface area contributed by atoms with Crippen LogP contribution in [0.25, 0.3) is 0 Å². The standard InChI is InChI=1S/C11H17NOS.2C2H6/c1-2-4-9-5-3-6-10(7-9)13-11(14)8-12;2*1-2/h3,5-7,11,14H,2,4,8,12H2,1H3;2*1-2H3. The van der Waals surface area contributed by atoms with Crippen LogP contribution in [-0.4, -0.2) is 12.0 Å². The zero-order chi connectivity index (χ0) is 14.4. The van der Waals surface area contributed by atoms with Crippen molar-refractivity contribution in [1.29, 1.82) is 0 Å². The lowest BCUT2D eigenvalue weighted by Gasteiger charge is -2.12. The predicted octanol–water partition coefficient (Wildman–Crippen LogP) is 4.28. The van der Waals surface area contributed by atoms with Crippen molar-refractivity contribution in [2.45, 2.75) is 52.9 Å². The molecule has 18 heavy (non-hydrogen) atoms. The van der Waals surface area contributed by atoms with E-state index >= 15 is 0 Å². The van der Waals surface area contributed by atoms with Crippen LogP contribution in [0, 0.1) is 0 Å². The van der Waals surface area contributed by atoms with Gasteiger partial charge in [0.15, 0.2) is 5.44 Å². The molecule has 0 aliphatic rings. The number of nitrogens with two attached hydrogens (primary N) is 1. The van der Waals surface area contributed by atoms with Crippen molar-refractivity contribution in [3.8, 4) is 5.75 Å². The van der Waals surface area contributed by atoms with E-state index in [1.807, 2.05) is 45.9 Å². The van der Waals surface area contributed by atoms with Crippen LogP contribution < -0.4 is 10.5 Å². The first-order valence-electron chi connectivity index (χ1n) is 6.90. The largest absolute Gasteiger partial charge is 0.479 e. The van der Waals surface area contributed by atoms with Gasteiger partial charge in [-0.15, -0.1) is 12.6 Å². The molecule has 0 saturated carbocycles. The van der Waals surface area contributed by atoms with Gasteiger partial charge >= 0.3 is 0 Å². The summed E-state index contributed by atoms with van der Waals surface area (Å²) in [6, 6.07) is 8.07. The Kier molecular flexibility index (Phi) is 15.7. The Bertz CT molecular complexity index is 279. The van der Waals surface area contributed by atoms with Crippen molar-refractivity contribution in [3.63, 3.8) is 0 Å². The Morgan fingerprint density at radius 2 is 1.83 bits per heavy atom. The first kappa shape index (κ1) is 19.7. The minimum Gasteiger partial charge on any atom is -0.479 e. The summed E-state index contributed by atoms with van der Waals surface area (Å²) in [6.07, 6.45) is 2.22. The molecule has 1 aromatic rings. The Morgan fingerprint density at radius 1 is 1.22 bits per heavy atom. The molecule has 0 saturated heterocycles. The number of aryl methyl sites for hydroxylation is 1. The van der Waals surface area contributed by atoms with Crippen LogP contribution in [0.15, 0.2) is 24.3 Å². The van der Waals surface area contributed by atoms with E-state index in [-0.39, 0.29) is 5.44 Å². The Hall–Kier alpha value is -0.670. The maximum atomic E-state index is 5.49. The number of hydrogen-bond donors (Lipinski definition) is 2. The molecular formula is C15H29NOS. The maximum absolute atomic E-state index is 5.49. The molecule has 2 N–H and O–H groups in total. The topological polar surface area (TPSA) is 35.2 Å². The van der Waals surface area contributed by atoms with Crippen LogP contribution in [0.1, 0.15) is 46.6 Å². The molecule has 0 aromatic heterocycles. The lowest BCUT2D eigenvalue weighted by molar-refractivity contribution is 0.297. The smallest absolute Gasteiger partial charge is 0.153 e. The van der Waals surface area contributed by atoms with Gasteiger partial charge in [0.1, 0.15) is 5.75 Å². The summed E-state index contributed by atoms with van der Waals surface area (Å²) in [6.45, 7) is 10.6. The third-order valence-corrected chi connectivity index (χ3v) is 2.23. The molecule has 0 amide bonds. The van der Waals surface area contributed by atoms with Crippen molar-refractivity contribution in [2.75, 3.05) is 6.54 Å². The Labute approximate surface area is 118 Å². The van der Waals surface area contributed by atoms with Gasteiger partial charge in [-0.05, 0) is 24.1 Å². The molecule has 106 valence electrons. The molecule has 0 bridgehead atoms. The second kappa shape index (κ2) is 14.4. The fraction of sp³-hybridized carbons (Fsp3) is 0.600. The van der Waals surface area contributed by atoms with Crippen LogP contribution >= 0.6 is 12.6 Å². The van der Waals surface area contributed by atoms with Crippen LogP contribution in [0.4, 0.5) is 0 Å². The van der Waals surface area contributed by atoms with Crippen molar-refractivity contribution in [2.24, 2.45) is 5.73 Å². The summed E-state index contributed by atoms with van der Waals surface area (Å²) in [5.74, 6) is 0.849. The molecule has 0 fully saturated rings. The van der Waals surface area contributed by atoms with Gasteiger partial charge < -0.3 is 10.5 Å². The second-order valence-corrected chi connectivity index (χ2v) is 3.78. The van der Waals surface area contributed by atoms with Crippen LogP contribution in [0.3, 0.4) is 0 Å². The third kappa shape index (κ3) is 9.37. The van der Waals surface area contributed by atoms with Crippen LogP contribution in [0.5, 0.6) is 5.75 Å². The molecule has 0 heterocycles. The highest BCUT2D eigenvalue weighted by Crippen LogP contribution is 2.16. The van der Waals surface area contributed by atoms with Crippen molar-refractivity contribution in [1.82, 2.24) is 0 Å². The van der Waals surface area contributed by atoms with E-state index in [9.17, 15) is 0 Å². The summed E-state index contributed by atoms with van der Waals surface area (Å²) in [7, 11) is 0. The van der Waals surface area contributed by atoms with Crippen LogP contribution in [0.2, 0.25) is 0 Å². The molecule has 1 aromatic carbocycles. The van der Waals surface area contributed by atoms with E-state index in [4.69, 9.17) is 10.5 Å². The third-order valence-electron chi connectivity index (χ3n) is 1.91. The van der Waals surface area contributed by atoms with Crippen molar-refractivity contribution in [3.05, 3.63) is 29.8 Å². The van der Waals surface area contributed by atoms with E-state index in [0.29, 0.717) is 6.54 Å². The molecule has 1 unspecified atom stereocenters. The summed E-state index contributed by atoms with van der Waals surface area (Å²) in [5, 5.41) is 0. The Balaban J connectivity index is 0. The summed E-state index contributed by atoms with van der Waals surface area (Å²) in [4.78, 5) is 0. The average molecular weight is 271 g/mol. The molecule has 3 heteroatoms. The summed E-state index contributed by atoms with van der Waals surface area (Å²) >= 11 is 4.18. The van der Waals surface area contributed by atoms with E-state index in [1.54, 1.807) is 0 Å². The van der Waals surface area contributed by atoms with E-state index in [0.717, 1.165) is 18.6 Å². The summed E-state index contributed by atoms with van der Waals surface area (Å²) < 4.78 is 5.49. The number of hydrogen-bond acceptors (Lipinski definition) is 3. The zero-order valence-electron chi connectivity index (χ0n) is 12.4. The van der Waals surface area contributed by atoms with E-state index < -0.39 is 0 Å². The fourth-order valence-electron chi connectivity index (χ4n) is 1.27. The van der Waals surface area contributed by atoms with Gasteiger partial charge in [-0.2, -0.15) is 0 Å². The minimum absolute atomic E-state index is 0.216. The van der Waals surface area contributed by atoms with Gasteiger partial charge in [-0.1, -0.05) is 53.2 Å². The molecular weight excluding hydrogens is 242 g/mol. The summed E-state index contributed by atoms with van der Waals surface area (Å²) in [5.41, 5.74) is 6.49. The van der Waals surface area contributed by atoms with Gasteiger partial charge in [0, 0.05) is 6.54 Å². The molecule has 0 aliphatic heterocycles. The Morgan fingerprint density at radius 3 is 2.33 bits per heavy atom. The monoisotopic (exact) mass is 271 g/mol. The lowest BCUT2D eigenvalue weighted by Crippen LogP contribution is -2.20. The lowest BCUT2D eigenvalue weighted by atomic mass is 10.1. The molecule has 1 rings (SSSR count). The second-order valence-electron chi connectivity index (χ2n) is 3.21. The highest BCUT2D eigenvalue weighted by atomic mass is 32.1. The number of thiol groups is 1. The molecule has 0 aliphatic carbocycles. The molecule has 0 radical (unpaired) electrons. The van der Waals surface area contributed by atoms with Gasteiger partial charge in [0.2, 0.25) is 0 Å². The zero-order valence-corrected chi connectivity index (χ0v) is 13.3. The minimum atomic E-state index is -0.216. The molecule has 0 spiro atoms.